The van der Waals surface area contributed by atoms with Gasteiger partial charge in [-0.05, 0) is 41.8 Å². The molecule has 0 radical (unpaired) electrons. The van der Waals surface area contributed by atoms with E-state index in [1.54, 1.807) is 30.1 Å². The predicted octanol–water partition coefficient (Wildman–Crippen LogP) is 3.26. The number of amides is 2. The second-order valence-corrected chi connectivity index (χ2v) is 6.40. The highest BCUT2D eigenvalue weighted by Crippen LogP contribution is 2.26. The van der Waals surface area contributed by atoms with Crippen molar-refractivity contribution in [3.05, 3.63) is 58.6 Å². The molecule has 0 bridgehead atoms. The summed E-state index contributed by atoms with van der Waals surface area (Å²) in [5, 5.41) is 3.46. The molecule has 130 valence electrons. The zero-order valence-electron chi connectivity index (χ0n) is 13.9. The number of aryl methyl sites for hydroxylation is 1. The zero-order valence-corrected chi connectivity index (χ0v) is 14.7. The highest BCUT2D eigenvalue weighted by molar-refractivity contribution is 6.31. The third kappa shape index (κ3) is 4.31. The molecule has 1 aliphatic heterocycles. The summed E-state index contributed by atoms with van der Waals surface area (Å²) >= 11 is 6.12. The fourth-order valence-electron chi connectivity index (χ4n) is 2.68. The number of nitrogens with one attached hydrogen (secondary N) is 1. The summed E-state index contributed by atoms with van der Waals surface area (Å²) in [7, 11) is 1.72. The number of fused-ring (bicyclic) bond motifs is 1. The Kier molecular flexibility index (Phi) is 5.24. The van der Waals surface area contributed by atoms with E-state index in [0.29, 0.717) is 30.2 Å². The smallest absolute Gasteiger partial charge is 0.260 e. The average molecular weight is 359 g/mol. The number of ether oxygens (including phenoxy) is 1. The van der Waals surface area contributed by atoms with Gasteiger partial charge in [-0.2, -0.15) is 0 Å². The van der Waals surface area contributed by atoms with Crippen LogP contribution < -0.4 is 10.1 Å². The minimum absolute atomic E-state index is 0.0255. The maximum Gasteiger partial charge on any atom is 0.260 e. The molecule has 0 aromatic heterocycles. The Morgan fingerprint density at radius 2 is 2.04 bits per heavy atom. The van der Waals surface area contributed by atoms with Gasteiger partial charge in [-0.3, -0.25) is 9.59 Å². The molecule has 0 spiro atoms. The number of anilines is 1. The number of rotatable bonds is 5. The standard InChI is InChI=1S/C19H19ClN2O3/c1-22(11-14-4-2-3-5-16(14)20)19(24)12-25-15-7-8-17-13(10-15)6-9-18(23)21-17/h2-5,7-8,10H,6,9,11-12H2,1H3,(H,21,23). The fraction of sp³-hybridized carbons (Fsp3) is 0.263. The molecular formula is C19H19ClN2O3. The van der Waals surface area contributed by atoms with Gasteiger partial charge in [-0.1, -0.05) is 29.8 Å². The summed E-state index contributed by atoms with van der Waals surface area (Å²) in [4.78, 5) is 25.2. The summed E-state index contributed by atoms with van der Waals surface area (Å²) in [6.45, 7) is 0.379. The lowest BCUT2D eigenvalue weighted by atomic mass is 10.0. The SMILES string of the molecule is CN(Cc1ccccc1Cl)C(=O)COc1ccc2c(c1)CCC(=O)N2. The van der Waals surface area contributed by atoms with E-state index >= 15 is 0 Å². The van der Waals surface area contributed by atoms with E-state index in [1.807, 2.05) is 24.3 Å². The molecule has 6 heteroatoms. The van der Waals surface area contributed by atoms with E-state index in [-0.39, 0.29) is 18.4 Å². The Bertz CT molecular complexity index is 807. The highest BCUT2D eigenvalue weighted by atomic mass is 35.5. The monoisotopic (exact) mass is 358 g/mol. The number of hydrogen-bond acceptors (Lipinski definition) is 3. The summed E-state index contributed by atoms with van der Waals surface area (Å²) in [5.74, 6) is 0.512. The molecule has 1 aliphatic rings. The van der Waals surface area contributed by atoms with Crippen LogP contribution in [0.2, 0.25) is 5.02 Å². The van der Waals surface area contributed by atoms with Gasteiger partial charge < -0.3 is 15.0 Å². The van der Waals surface area contributed by atoms with Gasteiger partial charge in [0.05, 0.1) is 0 Å². The topological polar surface area (TPSA) is 58.6 Å². The van der Waals surface area contributed by atoms with Crippen LogP contribution in [0.3, 0.4) is 0 Å². The van der Waals surface area contributed by atoms with Crippen LogP contribution in [0, 0.1) is 0 Å². The average Bonchev–Trinajstić information content (AvgIpc) is 2.61. The Balaban J connectivity index is 1.57. The maximum absolute atomic E-state index is 12.3. The first-order valence-corrected chi connectivity index (χ1v) is 8.43. The molecule has 0 fully saturated rings. The van der Waals surface area contributed by atoms with E-state index < -0.39 is 0 Å². The largest absolute Gasteiger partial charge is 0.484 e. The molecule has 0 saturated heterocycles. The summed E-state index contributed by atoms with van der Waals surface area (Å²) in [6, 6.07) is 12.9. The molecule has 2 aromatic carbocycles. The van der Waals surface area contributed by atoms with Crippen LogP contribution in [-0.2, 0) is 22.6 Å². The van der Waals surface area contributed by atoms with Gasteiger partial charge in [0.1, 0.15) is 5.75 Å². The molecule has 0 saturated carbocycles. The molecule has 0 atom stereocenters. The second kappa shape index (κ2) is 7.57. The summed E-state index contributed by atoms with van der Waals surface area (Å²) in [6.07, 6.45) is 1.15. The van der Waals surface area contributed by atoms with Gasteiger partial charge in [0, 0.05) is 30.7 Å². The van der Waals surface area contributed by atoms with Crippen LogP contribution in [0.5, 0.6) is 5.75 Å². The minimum Gasteiger partial charge on any atom is -0.484 e. The number of nitrogens with zero attached hydrogens (tertiary/aromatic N) is 1. The Labute approximate surface area is 151 Å². The van der Waals surface area contributed by atoms with Crippen molar-refractivity contribution in [1.82, 2.24) is 4.90 Å². The number of halogens is 1. The van der Waals surface area contributed by atoms with Gasteiger partial charge in [0.15, 0.2) is 6.61 Å². The number of benzene rings is 2. The van der Waals surface area contributed by atoms with Crippen LogP contribution >= 0.6 is 11.6 Å². The van der Waals surface area contributed by atoms with Crippen molar-refractivity contribution in [2.24, 2.45) is 0 Å². The maximum atomic E-state index is 12.3. The Morgan fingerprint density at radius 1 is 1.24 bits per heavy atom. The first-order chi connectivity index (χ1) is 12.0. The quantitative estimate of drug-likeness (QED) is 0.892. The van der Waals surface area contributed by atoms with Crippen LogP contribution in [0.1, 0.15) is 17.5 Å². The number of carbonyl (C=O) groups excluding carboxylic acids is 2. The van der Waals surface area contributed by atoms with E-state index in [2.05, 4.69) is 5.32 Å². The van der Waals surface area contributed by atoms with Crippen molar-refractivity contribution < 1.29 is 14.3 Å². The highest BCUT2D eigenvalue weighted by Gasteiger charge is 2.16. The van der Waals surface area contributed by atoms with Gasteiger partial charge in [-0.15, -0.1) is 0 Å². The van der Waals surface area contributed by atoms with Gasteiger partial charge in [-0.25, -0.2) is 0 Å². The number of hydrogen-bond donors (Lipinski definition) is 1. The lowest BCUT2D eigenvalue weighted by Crippen LogP contribution is -2.31. The van der Waals surface area contributed by atoms with Gasteiger partial charge >= 0.3 is 0 Å². The van der Waals surface area contributed by atoms with Crippen LogP contribution in [0.25, 0.3) is 0 Å². The van der Waals surface area contributed by atoms with E-state index in [1.165, 1.54) is 0 Å². The van der Waals surface area contributed by atoms with Crippen molar-refractivity contribution in [2.75, 3.05) is 19.0 Å². The second-order valence-electron chi connectivity index (χ2n) is 6.00. The van der Waals surface area contributed by atoms with Crippen LogP contribution in [0.4, 0.5) is 5.69 Å². The molecule has 2 amide bonds. The van der Waals surface area contributed by atoms with Crippen molar-refractivity contribution in [3.8, 4) is 5.75 Å². The summed E-state index contributed by atoms with van der Waals surface area (Å²) in [5.41, 5.74) is 2.73. The molecule has 2 aromatic rings. The van der Waals surface area contributed by atoms with E-state index in [4.69, 9.17) is 16.3 Å². The van der Waals surface area contributed by atoms with Crippen molar-refractivity contribution in [2.45, 2.75) is 19.4 Å². The first kappa shape index (κ1) is 17.3. The van der Waals surface area contributed by atoms with Gasteiger partial charge in [0.2, 0.25) is 5.91 Å². The zero-order chi connectivity index (χ0) is 17.8. The first-order valence-electron chi connectivity index (χ1n) is 8.06. The third-order valence-corrected chi connectivity index (χ3v) is 4.49. The van der Waals surface area contributed by atoms with Crippen molar-refractivity contribution in [3.63, 3.8) is 0 Å². The third-order valence-electron chi connectivity index (χ3n) is 4.13. The van der Waals surface area contributed by atoms with Crippen LogP contribution in [-0.4, -0.2) is 30.4 Å². The number of likely N-dealkylation sites (N-methyl/N-ethyl adjacent to an activating group) is 1. The lowest BCUT2D eigenvalue weighted by Gasteiger charge is -2.20. The molecule has 0 aliphatic carbocycles. The van der Waals surface area contributed by atoms with Crippen molar-refractivity contribution in [1.29, 1.82) is 0 Å². The van der Waals surface area contributed by atoms with Crippen molar-refractivity contribution >= 4 is 29.1 Å². The number of carbonyl (C=O) groups is 2. The summed E-state index contributed by atoms with van der Waals surface area (Å²) < 4.78 is 5.61. The van der Waals surface area contributed by atoms with E-state index in [0.717, 1.165) is 16.8 Å². The molecule has 1 N–H and O–H groups in total. The molecule has 1 heterocycles. The van der Waals surface area contributed by atoms with E-state index in [9.17, 15) is 9.59 Å². The molecule has 25 heavy (non-hydrogen) atoms. The Morgan fingerprint density at radius 3 is 2.84 bits per heavy atom. The lowest BCUT2D eigenvalue weighted by molar-refractivity contribution is -0.132. The van der Waals surface area contributed by atoms with Crippen LogP contribution in [0.15, 0.2) is 42.5 Å². The van der Waals surface area contributed by atoms with Gasteiger partial charge in [0.25, 0.3) is 5.91 Å². The predicted molar refractivity (Wildman–Crippen MR) is 96.8 cm³/mol. The molecule has 0 unspecified atom stereocenters. The molecule has 5 nitrogen and oxygen atoms in total. The normalized spacial score (nSPS) is 13.0. The Hall–Kier alpha value is -2.53. The molecular weight excluding hydrogens is 340 g/mol. The minimum atomic E-state index is -0.133. The molecule has 3 rings (SSSR count). The fourth-order valence-corrected chi connectivity index (χ4v) is 2.87.